The van der Waals surface area contributed by atoms with Crippen molar-refractivity contribution in [2.45, 2.75) is 31.0 Å². The van der Waals surface area contributed by atoms with Gasteiger partial charge in [-0.15, -0.1) is 0 Å². The number of carbonyl (C=O) groups is 1. The van der Waals surface area contributed by atoms with Gasteiger partial charge in [0.25, 0.3) is 0 Å². The molecule has 0 radical (unpaired) electrons. The molecule has 2 atom stereocenters. The molecule has 1 aliphatic rings. The number of hydrogen-bond donors (Lipinski definition) is 1. The summed E-state index contributed by atoms with van der Waals surface area (Å²) in [7, 11) is 0. The minimum atomic E-state index is -0.831. The monoisotopic (exact) mass is 310 g/mol. The number of fused-ring (bicyclic) bond motifs is 1. The van der Waals surface area contributed by atoms with Crippen LogP contribution in [0, 0.1) is 5.92 Å². The number of carboxylic acids is 1. The molecule has 0 amide bonds. The van der Waals surface area contributed by atoms with E-state index in [4.69, 9.17) is 16.7 Å². The summed E-state index contributed by atoms with van der Waals surface area (Å²) in [6, 6.07) is 6.17. The Morgan fingerprint density at radius 3 is 3.05 bits per heavy atom. The molecule has 0 spiro atoms. The molecule has 1 aromatic heterocycles. The Balaban J connectivity index is 2.05. The molecule has 1 heterocycles. The molecule has 3 rings (SSSR count). The first-order chi connectivity index (χ1) is 9.61. The fourth-order valence-electron chi connectivity index (χ4n) is 2.60. The predicted molar refractivity (Wildman–Crippen MR) is 80.5 cm³/mol. The van der Waals surface area contributed by atoms with E-state index in [1.54, 1.807) is 0 Å². The van der Waals surface area contributed by atoms with E-state index in [0.717, 1.165) is 29.0 Å². The summed E-state index contributed by atoms with van der Waals surface area (Å²) in [5.41, 5.74) is 1.77. The first-order valence-electron chi connectivity index (χ1n) is 6.62. The van der Waals surface area contributed by atoms with E-state index in [0.29, 0.717) is 17.0 Å². The summed E-state index contributed by atoms with van der Waals surface area (Å²) >= 11 is 7.46. The first kappa shape index (κ1) is 13.8. The fraction of sp³-hybridized carbons (Fsp3) is 0.429. The van der Waals surface area contributed by atoms with Gasteiger partial charge in [-0.25, -0.2) is 4.98 Å². The molecule has 1 fully saturated rings. The van der Waals surface area contributed by atoms with Crippen LogP contribution in [0.3, 0.4) is 0 Å². The minimum absolute atomic E-state index is 0.0183. The van der Waals surface area contributed by atoms with Crippen molar-refractivity contribution in [3.05, 3.63) is 23.2 Å². The van der Waals surface area contributed by atoms with Crippen LogP contribution in [-0.2, 0) is 4.79 Å². The lowest BCUT2D eigenvalue weighted by Gasteiger charge is -2.07. The summed E-state index contributed by atoms with van der Waals surface area (Å²) in [5, 5.41) is 10.2. The van der Waals surface area contributed by atoms with E-state index in [1.165, 1.54) is 11.8 Å². The van der Waals surface area contributed by atoms with Crippen molar-refractivity contribution in [1.29, 1.82) is 0 Å². The van der Waals surface area contributed by atoms with Crippen molar-refractivity contribution in [2.24, 2.45) is 5.92 Å². The number of carboxylic acid groups (broad SMARTS) is 1. The van der Waals surface area contributed by atoms with Gasteiger partial charge in [-0.3, -0.25) is 4.79 Å². The van der Waals surface area contributed by atoms with Crippen molar-refractivity contribution in [2.75, 3.05) is 5.75 Å². The lowest BCUT2D eigenvalue weighted by Crippen LogP contribution is -2.03. The Bertz CT molecular complexity index is 670. The second-order valence-electron chi connectivity index (χ2n) is 5.03. The third kappa shape index (κ3) is 2.40. The molecule has 1 aromatic carbocycles. The second-order valence-corrected chi connectivity index (χ2v) is 6.38. The van der Waals surface area contributed by atoms with E-state index >= 15 is 0 Å². The molecule has 1 saturated carbocycles. The average Bonchev–Trinajstić information content (AvgIpc) is 3.09. The van der Waals surface area contributed by atoms with Gasteiger partial charge in [0.05, 0.1) is 16.3 Å². The highest BCUT2D eigenvalue weighted by molar-refractivity contribution is 7.99. The summed E-state index contributed by atoms with van der Waals surface area (Å²) in [4.78, 5) is 15.3. The molecular weight excluding hydrogens is 296 g/mol. The Labute approximate surface area is 126 Å². The van der Waals surface area contributed by atoms with Crippen LogP contribution >= 0.6 is 23.4 Å². The van der Waals surface area contributed by atoms with Crippen LogP contribution in [-0.4, -0.2) is 26.4 Å². The van der Waals surface area contributed by atoms with Gasteiger partial charge in [0.15, 0.2) is 5.16 Å². The van der Waals surface area contributed by atoms with Crippen molar-refractivity contribution < 1.29 is 9.90 Å². The zero-order valence-electron chi connectivity index (χ0n) is 11.0. The highest BCUT2D eigenvalue weighted by Gasteiger charge is 2.39. The maximum Gasteiger partial charge on any atom is 0.313 e. The highest BCUT2D eigenvalue weighted by Crippen LogP contribution is 2.49. The van der Waals surface area contributed by atoms with E-state index in [-0.39, 0.29) is 5.75 Å². The van der Waals surface area contributed by atoms with E-state index in [1.807, 2.05) is 18.2 Å². The average molecular weight is 311 g/mol. The number of hydrogen-bond acceptors (Lipinski definition) is 3. The van der Waals surface area contributed by atoms with Crippen LogP contribution < -0.4 is 0 Å². The smallest absolute Gasteiger partial charge is 0.313 e. The van der Waals surface area contributed by atoms with Crippen LogP contribution in [0.5, 0.6) is 0 Å². The summed E-state index contributed by atoms with van der Waals surface area (Å²) < 4.78 is 2.17. The third-order valence-corrected chi connectivity index (χ3v) is 4.95. The van der Waals surface area contributed by atoms with Crippen molar-refractivity contribution in [3.8, 4) is 0 Å². The Morgan fingerprint density at radius 1 is 1.60 bits per heavy atom. The van der Waals surface area contributed by atoms with Gasteiger partial charge in [-0.05, 0) is 24.5 Å². The molecule has 2 aromatic rings. The quantitative estimate of drug-likeness (QED) is 0.853. The first-order valence-corrected chi connectivity index (χ1v) is 7.99. The molecule has 1 N–H and O–H groups in total. The predicted octanol–water partition coefficient (Wildman–Crippen LogP) is 3.84. The third-order valence-electron chi connectivity index (χ3n) is 3.70. The number of benzene rings is 1. The number of nitrogens with zero attached hydrogens (tertiary/aromatic N) is 2. The van der Waals surface area contributed by atoms with Crippen LogP contribution in [0.4, 0.5) is 0 Å². The van der Waals surface area contributed by atoms with Crippen LogP contribution in [0.25, 0.3) is 11.0 Å². The number of thioether (sulfide) groups is 1. The Morgan fingerprint density at radius 2 is 2.40 bits per heavy atom. The number of imidazole rings is 1. The molecule has 106 valence electrons. The van der Waals surface area contributed by atoms with E-state index in [2.05, 4.69) is 16.5 Å². The summed E-state index contributed by atoms with van der Waals surface area (Å²) in [5.74, 6) is -0.150. The van der Waals surface area contributed by atoms with Gasteiger partial charge in [-0.2, -0.15) is 0 Å². The lowest BCUT2D eigenvalue weighted by molar-refractivity contribution is -0.133. The van der Waals surface area contributed by atoms with Crippen LogP contribution in [0.15, 0.2) is 23.4 Å². The second kappa shape index (κ2) is 5.30. The van der Waals surface area contributed by atoms with Gasteiger partial charge in [0, 0.05) is 6.04 Å². The van der Waals surface area contributed by atoms with Gasteiger partial charge >= 0.3 is 5.97 Å². The summed E-state index contributed by atoms with van der Waals surface area (Å²) in [6.45, 7) is 2.18. The normalized spacial score (nSPS) is 21.3. The number of aliphatic carboxylic acids is 1. The topological polar surface area (TPSA) is 55.1 Å². The van der Waals surface area contributed by atoms with Crippen LogP contribution in [0.2, 0.25) is 5.02 Å². The van der Waals surface area contributed by atoms with E-state index < -0.39 is 5.97 Å². The molecule has 1 aliphatic carbocycles. The van der Waals surface area contributed by atoms with Crippen LogP contribution in [0.1, 0.15) is 25.8 Å². The van der Waals surface area contributed by atoms with Crippen molar-refractivity contribution in [3.63, 3.8) is 0 Å². The van der Waals surface area contributed by atoms with Crippen molar-refractivity contribution in [1.82, 2.24) is 9.55 Å². The summed E-state index contributed by atoms with van der Waals surface area (Å²) in [6.07, 6.45) is 2.27. The van der Waals surface area contributed by atoms with Crippen molar-refractivity contribution >= 4 is 40.4 Å². The molecule has 2 unspecified atom stereocenters. The minimum Gasteiger partial charge on any atom is -0.481 e. The SMILES string of the molecule is CCC1CC1n1c(SCC(=O)O)nc2c(Cl)cccc21. The molecule has 6 heteroatoms. The number of rotatable bonds is 5. The molecule has 0 aliphatic heterocycles. The maximum absolute atomic E-state index is 10.8. The fourth-order valence-corrected chi connectivity index (χ4v) is 3.59. The number of aromatic nitrogens is 2. The zero-order chi connectivity index (χ0) is 14.3. The molecule has 0 saturated heterocycles. The largest absolute Gasteiger partial charge is 0.481 e. The maximum atomic E-state index is 10.8. The molecule has 4 nitrogen and oxygen atoms in total. The number of halogens is 1. The Hall–Kier alpha value is -1.20. The van der Waals surface area contributed by atoms with Gasteiger partial charge in [-0.1, -0.05) is 42.8 Å². The van der Waals surface area contributed by atoms with E-state index in [9.17, 15) is 4.79 Å². The standard InChI is InChI=1S/C14H15ClN2O2S/c1-2-8-6-11(8)17-10-5-3-4-9(15)13(10)16-14(17)20-7-12(18)19/h3-5,8,11H,2,6-7H2,1H3,(H,18,19). The highest BCUT2D eigenvalue weighted by atomic mass is 35.5. The van der Waals surface area contributed by atoms with Gasteiger partial charge in [0.1, 0.15) is 5.52 Å². The number of para-hydroxylation sites is 1. The van der Waals surface area contributed by atoms with Gasteiger partial charge in [0.2, 0.25) is 0 Å². The molecule has 20 heavy (non-hydrogen) atoms. The van der Waals surface area contributed by atoms with Gasteiger partial charge < -0.3 is 9.67 Å². The molecular formula is C14H15ClN2O2S. The molecule has 0 bridgehead atoms. The lowest BCUT2D eigenvalue weighted by atomic mass is 10.3. The Kier molecular flexibility index (Phi) is 3.65. The zero-order valence-corrected chi connectivity index (χ0v) is 12.6.